The highest BCUT2D eigenvalue weighted by atomic mass is 35.5. The van der Waals surface area contributed by atoms with Crippen LogP contribution in [0, 0.1) is 6.92 Å². The summed E-state index contributed by atoms with van der Waals surface area (Å²) in [6, 6.07) is 2.34. The third-order valence-electron chi connectivity index (χ3n) is 3.01. The van der Waals surface area contributed by atoms with Crippen LogP contribution in [0.1, 0.15) is 19.4 Å². The van der Waals surface area contributed by atoms with Crippen LogP contribution >= 0.6 is 23.2 Å². The van der Waals surface area contributed by atoms with Crippen molar-refractivity contribution < 1.29 is 15.0 Å². The number of nitrogens with one attached hydrogen (secondary N) is 1. The Morgan fingerprint density at radius 2 is 1.95 bits per heavy atom. The van der Waals surface area contributed by atoms with E-state index in [1.54, 1.807) is 26.0 Å². The van der Waals surface area contributed by atoms with Gasteiger partial charge in [0.25, 0.3) is 0 Å². The van der Waals surface area contributed by atoms with Crippen LogP contribution in [-0.4, -0.2) is 46.4 Å². The van der Waals surface area contributed by atoms with E-state index in [1.165, 1.54) is 4.90 Å². The zero-order valence-electron chi connectivity index (χ0n) is 12.2. The van der Waals surface area contributed by atoms with Gasteiger partial charge in [-0.25, -0.2) is 4.79 Å². The molecule has 0 saturated carbocycles. The molecule has 0 aliphatic rings. The SMILES string of the molecule is Cc1cc(Cl)c(NC(=O)N(C[C@H](C)O)[C@H](C)CO)cc1Cl. The molecule has 21 heavy (non-hydrogen) atoms. The number of aliphatic hydroxyl groups excluding tert-OH is 2. The monoisotopic (exact) mass is 334 g/mol. The number of amides is 2. The number of anilines is 1. The topological polar surface area (TPSA) is 72.8 Å². The maximum absolute atomic E-state index is 12.3. The van der Waals surface area contributed by atoms with E-state index in [-0.39, 0.29) is 13.2 Å². The van der Waals surface area contributed by atoms with E-state index in [4.69, 9.17) is 23.2 Å². The first kappa shape index (κ1) is 18.0. The molecular weight excluding hydrogens is 315 g/mol. The number of carbonyl (C=O) groups is 1. The van der Waals surface area contributed by atoms with Crippen molar-refractivity contribution in [3.8, 4) is 0 Å². The smallest absolute Gasteiger partial charge is 0.322 e. The number of carbonyl (C=O) groups excluding carboxylic acids is 1. The summed E-state index contributed by atoms with van der Waals surface area (Å²) in [5.74, 6) is 0. The molecule has 0 saturated heterocycles. The van der Waals surface area contributed by atoms with E-state index >= 15 is 0 Å². The highest BCUT2D eigenvalue weighted by Gasteiger charge is 2.22. The fourth-order valence-electron chi connectivity index (χ4n) is 1.78. The highest BCUT2D eigenvalue weighted by Crippen LogP contribution is 2.29. The van der Waals surface area contributed by atoms with Crippen molar-refractivity contribution in [3.63, 3.8) is 0 Å². The zero-order chi connectivity index (χ0) is 16.2. The minimum absolute atomic E-state index is 0.102. The van der Waals surface area contributed by atoms with Crippen LogP contribution in [0.4, 0.5) is 10.5 Å². The molecule has 0 aliphatic carbocycles. The Bertz CT molecular complexity index is 509. The molecule has 0 aliphatic heterocycles. The first-order valence-electron chi connectivity index (χ1n) is 6.58. The lowest BCUT2D eigenvalue weighted by Crippen LogP contribution is -2.46. The Kier molecular flexibility index (Phi) is 6.74. The molecule has 1 aromatic carbocycles. The van der Waals surface area contributed by atoms with Gasteiger partial charge in [-0.1, -0.05) is 23.2 Å². The molecule has 2 amide bonds. The van der Waals surface area contributed by atoms with Crippen molar-refractivity contribution in [3.05, 3.63) is 27.7 Å². The Morgan fingerprint density at radius 1 is 1.33 bits per heavy atom. The summed E-state index contributed by atoms with van der Waals surface area (Å²) in [5, 5.41) is 22.2. The van der Waals surface area contributed by atoms with Crippen molar-refractivity contribution >= 4 is 34.9 Å². The molecule has 1 rings (SSSR count). The van der Waals surface area contributed by atoms with E-state index in [1.807, 2.05) is 6.92 Å². The summed E-state index contributed by atoms with van der Waals surface area (Å²) in [6.07, 6.45) is -0.707. The molecule has 7 heteroatoms. The number of benzene rings is 1. The lowest BCUT2D eigenvalue weighted by Gasteiger charge is -2.29. The molecule has 0 unspecified atom stereocenters. The molecule has 1 aromatic rings. The minimum atomic E-state index is -0.707. The average molecular weight is 335 g/mol. The minimum Gasteiger partial charge on any atom is -0.394 e. The standard InChI is InChI=1S/C14H20Cl2N2O3/c1-8-4-12(16)13(5-11(8)15)17-14(21)18(6-10(3)20)9(2)7-19/h4-5,9-10,19-20H,6-7H2,1-3H3,(H,17,21)/t9-,10+/m1/s1. The number of nitrogens with zero attached hydrogens (tertiary/aromatic N) is 1. The maximum atomic E-state index is 12.3. The molecule has 0 radical (unpaired) electrons. The molecule has 118 valence electrons. The summed E-state index contributed by atoms with van der Waals surface area (Å²) in [6.45, 7) is 4.96. The fraction of sp³-hybridized carbons (Fsp3) is 0.500. The van der Waals surface area contributed by atoms with Crippen LogP contribution in [0.15, 0.2) is 12.1 Å². The second kappa shape index (κ2) is 7.84. The van der Waals surface area contributed by atoms with Gasteiger partial charge in [0.15, 0.2) is 0 Å². The van der Waals surface area contributed by atoms with Gasteiger partial charge in [0.05, 0.1) is 29.5 Å². The van der Waals surface area contributed by atoms with E-state index in [9.17, 15) is 15.0 Å². The Labute approximate surface area is 134 Å². The molecule has 0 fully saturated rings. The van der Waals surface area contributed by atoms with Crippen LogP contribution < -0.4 is 5.32 Å². The third kappa shape index (κ3) is 5.04. The van der Waals surface area contributed by atoms with Crippen LogP contribution in [-0.2, 0) is 0 Å². The second-order valence-electron chi connectivity index (χ2n) is 5.04. The fourth-order valence-corrected chi connectivity index (χ4v) is 2.20. The number of aryl methyl sites for hydroxylation is 1. The molecular formula is C14H20Cl2N2O3. The first-order valence-corrected chi connectivity index (χ1v) is 7.34. The van der Waals surface area contributed by atoms with Gasteiger partial charge in [-0.3, -0.25) is 0 Å². The number of rotatable bonds is 5. The van der Waals surface area contributed by atoms with Gasteiger partial charge in [-0.05, 0) is 38.5 Å². The van der Waals surface area contributed by atoms with Gasteiger partial charge in [0.2, 0.25) is 0 Å². The number of urea groups is 1. The van der Waals surface area contributed by atoms with Crippen molar-refractivity contribution in [1.82, 2.24) is 4.90 Å². The van der Waals surface area contributed by atoms with Gasteiger partial charge >= 0.3 is 6.03 Å². The van der Waals surface area contributed by atoms with E-state index < -0.39 is 18.2 Å². The summed E-state index contributed by atoms with van der Waals surface area (Å²) in [7, 11) is 0. The molecule has 5 nitrogen and oxygen atoms in total. The van der Waals surface area contributed by atoms with Gasteiger partial charge in [-0.2, -0.15) is 0 Å². The number of hydrogen-bond acceptors (Lipinski definition) is 3. The Hall–Kier alpha value is -1.01. The lowest BCUT2D eigenvalue weighted by molar-refractivity contribution is 0.0995. The predicted octanol–water partition coefficient (Wildman–Crippen LogP) is 2.90. The zero-order valence-corrected chi connectivity index (χ0v) is 13.7. The second-order valence-corrected chi connectivity index (χ2v) is 5.86. The lowest BCUT2D eigenvalue weighted by atomic mass is 10.2. The average Bonchev–Trinajstić information content (AvgIpc) is 2.41. The normalized spacial score (nSPS) is 13.7. The number of halogens is 2. The molecule has 3 N–H and O–H groups in total. The van der Waals surface area contributed by atoms with Gasteiger partial charge in [0, 0.05) is 11.6 Å². The first-order chi connectivity index (χ1) is 9.76. The third-order valence-corrected chi connectivity index (χ3v) is 3.73. The Morgan fingerprint density at radius 3 is 2.48 bits per heavy atom. The van der Waals surface area contributed by atoms with Crippen LogP contribution in [0.25, 0.3) is 0 Å². The van der Waals surface area contributed by atoms with Crippen molar-refractivity contribution in [2.75, 3.05) is 18.5 Å². The van der Waals surface area contributed by atoms with E-state index in [0.29, 0.717) is 15.7 Å². The van der Waals surface area contributed by atoms with Crippen LogP contribution in [0.2, 0.25) is 10.0 Å². The van der Waals surface area contributed by atoms with Gasteiger partial charge in [0.1, 0.15) is 0 Å². The summed E-state index contributed by atoms with van der Waals surface area (Å²) in [4.78, 5) is 13.6. The largest absolute Gasteiger partial charge is 0.394 e. The molecule has 0 aromatic heterocycles. The predicted molar refractivity (Wildman–Crippen MR) is 85.2 cm³/mol. The Balaban J connectivity index is 2.93. The molecule has 0 heterocycles. The van der Waals surface area contributed by atoms with Crippen molar-refractivity contribution in [1.29, 1.82) is 0 Å². The summed E-state index contributed by atoms with van der Waals surface area (Å²) in [5.41, 5.74) is 1.20. The summed E-state index contributed by atoms with van der Waals surface area (Å²) < 4.78 is 0. The molecule has 2 atom stereocenters. The number of hydrogen-bond donors (Lipinski definition) is 3. The molecule has 0 bridgehead atoms. The van der Waals surface area contributed by atoms with Gasteiger partial charge in [-0.15, -0.1) is 0 Å². The number of aliphatic hydroxyl groups is 2. The van der Waals surface area contributed by atoms with Gasteiger partial charge < -0.3 is 20.4 Å². The van der Waals surface area contributed by atoms with E-state index in [2.05, 4.69) is 5.32 Å². The van der Waals surface area contributed by atoms with Crippen molar-refractivity contribution in [2.24, 2.45) is 0 Å². The highest BCUT2D eigenvalue weighted by molar-refractivity contribution is 6.36. The maximum Gasteiger partial charge on any atom is 0.322 e. The molecule has 0 spiro atoms. The van der Waals surface area contributed by atoms with Crippen molar-refractivity contribution in [2.45, 2.75) is 32.9 Å². The van der Waals surface area contributed by atoms with E-state index in [0.717, 1.165) is 5.56 Å². The van der Waals surface area contributed by atoms with Crippen LogP contribution in [0.3, 0.4) is 0 Å². The van der Waals surface area contributed by atoms with Crippen LogP contribution in [0.5, 0.6) is 0 Å². The summed E-state index contributed by atoms with van der Waals surface area (Å²) >= 11 is 12.1. The quantitative estimate of drug-likeness (QED) is 0.775.